The first-order valence-corrected chi connectivity index (χ1v) is 21.5. The van der Waals surface area contributed by atoms with E-state index in [0.29, 0.717) is 0 Å². The minimum atomic E-state index is 1.04. The van der Waals surface area contributed by atoms with Crippen LogP contribution in [-0.4, -0.2) is 0 Å². The molecule has 0 heterocycles. The number of para-hydroxylation sites is 2. The first-order chi connectivity index (χ1) is 30.7. The molecule has 0 aliphatic heterocycles. The predicted molar refractivity (Wildman–Crippen MR) is 264 cm³/mol. The van der Waals surface area contributed by atoms with Crippen LogP contribution in [0.25, 0.3) is 44.5 Å². The lowest BCUT2D eigenvalue weighted by molar-refractivity contribution is 1.07. The summed E-state index contributed by atoms with van der Waals surface area (Å²) in [6, 6.07) is 87.1. The molecule has 0 fully saturated rings. The van der Waals surface area contributed by atoms with Crippen molar-refractivity contribution >= 4 is 45.3 Å². The number of anilines is 6. The molecule has 0 saturated carbocycles. The van der Waals surface area contributed by atoms with Crippen molar-refractivity contribution in [2.24, 2.45) is 0 Å². The monoisotopic (exact) mass is 794 g/mol. The molecule has 0 N–H and O–H groups in total. The van der Waals surface area contributed by atoms with Crippen LogP contribution in [0.3, 0.4) is 0 Å². The Bertz CT molecular complexity index is 2920. The Balaban J connectivity index is 0.884. The van der Waals surface area contributed by atoms with Gasteiger partial charge in [-0.3, -0.25) is 0 Å². The topological polar surface area (TPSA) is 6.48 Å². The van der Waals surface area contributed by atoms with Crippen LogP contribution in [0.2, 0.25) is 0 Å². The van der Waals surface area contributed by atoms with E-state index in [1.807, 2.05) is 0 Å². The average molecular weight is 795 g/mol. The third-order valence-corrected chi connectivity index (χ3v) is 11.9. The summed E-state index contributed by atoms with van der Waals surface area (Å²) in [7, 11) is 0. The molecule has 0 aromatic heterocycles. The second-order valence-corrected chi connectivity index (χ2v) is 15.7. The van der Waals surface area contributed by atoms with Crippen molar-refractivity contribution in [3.63, 3.8) is 0 Å². The van der Waals surface area contributed by atoms with E-state index >= 15 is 0 Å². The minimum absolute atomic E-state index is 1.04. The van der Waals surface area contributed by atoms with E-state index in [-0.39, 0.29) is 0 Å². The Morgan fingerprint density at radius 1 is 0.194 bits per heavy atom. The van der Waals surface area contributed by atoms with Gasteiger partial charge in [0.25, 0.3) is 0 Å². The maximum absolute atomic E-state index is 2.34. The van der Waals surface area contributed by atoms with Gasteiger partial charge in [-0.1, -0.05) is 182 Å². The van der Waals surface area contributed by atoms with Gasteiger partial charge in [0.2, 0.25) is 0 Å². The van der Waals surface area contributed by atoms with Crippen LogP contribution in [0, 0.1) is 0 Å². The van der Waals surface area contributed by atoms with Gasteiger partial charge in [-0.25, -0.2) is 0 Å². The number of hydrogen-bond acceptors (Lipinski definition) is 2. The van der Waals surface area contributed by atoms with Crippen LogP contribution in [0.1, 0.15) is 24.0 Å². The number of nitrogens with zero attached hydrogens (tertiary/aromatic N) is 2. The summed E-state index contributed by atoms with van der Waals surface area (Å²) >= 11 is 0. The molecule has 2 nitrogen and oxygen atoms in total. The predicted octanol–water partition coefficient (Wildman–Crippen LogP) is 16.9. The summed E-state index contributed by atoms with van der Waals surface area (Å²) in [4.78, 5) is 4.66. The SMILES string of the molecule is C1=C(c2ccccc2)CCC(c2ccc(N(c3ccccc3)c3ccc(-c4ccc(N(c5ccccc5)c5ccc(-c6ccc(-c7ccccc7)cc6)cc5)cc4)cc3)cc2)=C1. The molecule has 0 saturated heterocycles. The molecule has 0 spiro atoms. The molecule has 62 heavy (non-hydrogen) atoms. The molecule has 0 amide bonds. The van der Waals surface area contributed by atoms with Gasteiger partial charge in [0.05, 0.1) is 0 Å². The number of benzene rings is 9. The zero-order valence-electron chi connectivity index (χ0n) is 34.6. The van der Waals surface area contributed by atoms with E-state index in [0.717, 1.165) is 47.0 Å². The lowest BCUT2D eigenvalue weighted by Crippen LogP contribution is -2.10. The van der Waals surface area contributed by atoms with Gasteiger partial charge < -0.3 is 9.80 Å². The zero-order valence-corrected chi connectivity index (χ0v) is 34.6. The Labute approximate surface area is 365 Å². The summed E-state index contributed by atoms with van der Waals surface area (Å²) in [5.74, 6) is 0. The Morgan fingerprint density at radius 3 is 0.710 bits per heavy atom. The molecule has 1 aliphatic carbocycles. The standard InChI is InChI=1S/C60H46N2/c1-5-13-45(14-6-1)47-21-25-49(26-22-47)51-29-37-57(38-30-51)61(55-17-9-3-10-18-55)59-41-33-53(34-42-59)54-35-43-60(44-36-54)62(56-19-11-4-12-20-56)58-39-31-52(32-40-58)50-27-23-48(24-28-50)46-15-7-2-8-16-46/h1-23,25-27,29-44H,24,28H2. The fourth-order valence-corrected chi connectivity index (χ4v) is 8.54. The van der Waals surface area contributed by atoms with Crippen molar-refractivity contribution in [1.82, 2.24) is 0 Å². The van der Waals surface area contributed by atoms with E-state index in [9.17, 15) is 0 Å². The number of rotatable bonds is 11. The third-order valence-electron chi connectivity index (χ3n) is 11.9. The van der Waals surface area contributed by atoms with E-state index in [4.69, 9.17) is 0 Å². The molecule has 0 bridgehead atoms. The molecule has 9 aromatic carbocycles. The third kappa shape index (κ3) is 8.28. The largest absolute Gasteiger partial charge is 0.311 e. The van der Waals surface area contributed by atoms with Gasteiger partial charge >= 0.3 is 0 Å². The van der Waals surface area contributed by atoms with Gasteiger partial charge in [-0.15, -0.1) is 0 Å². The Morgan fingerprint density at radius 2 is 0.403 bits per heavy atom. The summed E-state index contributed by atoms with van der Waals surface area (Å²) in [6.07, 6.45) is 6.67. The molecular formula is C60H46N2. The van der Waals surface area contributed by atoms with Crippen LogP contribution in [0.5, 0.6) is 0 Å². The number of hydrogen-bond donors (Lipinski definition) is 0. The van der Waals surface area contributed by atoms with Crippen molar-refractivity contribution in [3.8, 4) is 33.4 Å². The fourth-order valence-electron chi connectivity index (χ4n) is 8.54. The van der Waals surface area contributed by atoms with E-state index < -0.39 is 0 Å². The highest BCUT2D eigenvalue weighted by Gasteiger charge is 2.16. The van der Waals surface area contributed by atoms with E-state index in [2.05, 4.69) is 265 Å². The molecule has 296 valence electrons. The van der Waals surface area contributed by atoms with Gasteiger partial charge in [-0.05, 0) is 141 Å². The molecule has 1 aliphatic rings. The molecule has 0 atom stereocenters. The van der Waals surface area contributed by atoms with Gasteiger partial charge in [0.1, 0.15) is 0 Å². The van der Waals surface area contributed by atoms with Crippen molar-refractivity contribution in [2.45, 2.75) is 12.8 Å². The highest BCUT2D eigenvalue weighted by molar-refractivity contribution is 5.83. The second-order valence-electron chi connectivity index (χ2n) is 15.7. The maximum atomic E-state index is 2.34. The fraction of sp³-hybridized carbons (Fsp3) is 0.0333. The first kappa shape index (κ1) is 38.3. The first-order valence-electron chi connectivity index (χ1n) is 21.5. The lowest BCUT2D eigenvalue weighted by atomic mass is 9.90. The maximum Gasteiger partial charge on any atom is 0.0462 e. The summed E-state index contributed by atoms with van der Waals surface area (Å²) in [6.45, 7) is 0. The van der Waals surface area contributed by atoms with E-state index in [1.54, 1.807) is 0 Å². The zero-order chi connectivity index (χ0) is 41.5. The highest BCUT2D eigenvalue weighted by Crippen LogP contribution is 2.40. The average Bonchev–Trinajstić information content (AvgIpc) is 3.36. The van der Waals surface area contributed by atoms with Crippen LogP contribution >= 0.6 is 0 Å². The molecule has 10 rings (SSSR count). The van der Waals surface area contributed by atoms with Gasteiger partial charge in [0.15, 0.2) is 0 Å². The lowest BCUT2D eigenvalue weighted by Gasteiger charge is -2.26. The molecule has 0 radical (unpaired) electrons. The molecule has 0 unspecified atom stereocenters. The molecule has 2 heteroatoms. The summed E-state index contributed by atoms with van der Waals surface area (Å²) < 4.78 is 0. The van der Waals surface area contributed by atoms with Crippen molar-refractivity contribution in [1.29, 1.82) is 0 Å². The second kappa shape index (κ2) is 17.7. The molecule has 9 aromatic rings. The van der Waals surface area contributed by atoms with Gasteiger partial charge in [0, 0.05) is 34.1 Å². The Hall–Kier alpha value is -7.94. The Kier molecular flexibility index (Phi) is 10.9. The molecular weight excluding hydrogens is 749 g/mol. The van der Waals surface area contributed by atoms with Crippen LogP contribution < -0.4 is 9.80 Å². The van der Waals surface area contributed by atoms with Crippen molar-refractivity contribution in [3.05, 3.63) is 266 Å². The minimum Gasteiger partial charge on any atom is -0.311 e. The number of allylic oxidation sites excluding steroid dienone is 4. The summed E-state index contributed by atoms with van der Waals surface area (Å²) in [5.41, 5.74) is 19.2. The smallest absolute Gasteiger partial charge is 0.0462 e. The van der Waals surface area contributed by atoms with Crippen LogP contribution in [0.15, 0.2) is 255 Å². The van der Waals surface area contributed by atoms with E-state index in [1.165, 1.54) is 55.7 Å². The van der Waals surface area contributed by atoms with Crippen molar-refractivity contribution < 1.29 is 0 Å². The van der Waals surface area contributed by atoms with Crippen LogP contribution in [0.4, 0.5) is 34.1 Å². The highest BCUT2D eigenvalue weighted by atomic mass is 15.1. The summed E-state index contributed by atoms with van der Waals surface area (Å²) in [5, 5.41) is 0. The van der Waals surface area contributed by atoms with Gasteiger partial charge in [-0.2, -0.15) is 0 Å². The quantitative estimate of drug-likeness (QED) is 0.129. The normalized spacial score (nSPS) is 12.3. The van der Waals surface area contributed by atoms with Crippen LogP contribution in [-0.2, 0) is 0 Å². The van der Waals surface area contributed by atoms with Crippen molar-refractivity contribution in [2.75, 3.05) is 9.80 Å².